The van der Waals surface area contributed by atoms with Crippen molar-refractivity contribution in [2.24, 2.45) is 10.8 Å². The van der Waals surface area contributed by atoms with Gasteiger partial charge in [0.2, 0.25) is 5.91 Å². The first-order valence-corrected chi connectivity index (χ1v) is 12.6. The Balaban J connectivity index is 1.62. The van der Waals surface area contributed by atoms with E-state index >= 15 is 0 Å². The largest absolute Gasteiger partial charge is 0.425 e. The number of Topliss-reactive ketones (excluding diaryl/α,β-unsaturated/α-hetero) is 1. The maximum atomic E-state index is 14.0. The van der Waals surface area contributed by atoms with E-state index in [1.54, 1.807) is 36.4 Å². The van der Waals surface area contributed by atoms with Crippen molar-refractivity contribution in [3.8, 4) is 5.75 Å². The Morgan fingerprint density at radius 3 is 2.32 bits per heavy atom. The lowest BCUT2D eigenvalue weighted by Gasteiger charge is -2.24. The van der Waals surface area contributed by atoms with Gasteiger partial charge >= 0.3 is 5.97 Å². The second kappa shape index (κ2) is 8.47. The van der Waals surface area contributed by atoms with Crippen molar-refractivity contribution >= 4 is 49.5 Å². The van der Waals surface area contributed by atoms with Gasteiger partial charge in [-0.05, 0) is 42.3 Å². The van der Waals surface area contributed by atoms with Gasteiger partial charge in [-0.25, -0.2) is 0 Å². The molecule has 0 unspecified atom stereocenters. The van der Waals surface area contributed by atoms with Gasteiger partial charge in [-0.3, -0.25) is 14.4 Å². The number of ether oxygens (including phenoxy) is 1. The monoisotopic (exact) mass is 581 g/mol. The van der Waals surface area contributed by atoms with Gasteiger partial charge in [0, 0.05) is 32.5 Å². The van der Waals surface area contributed by atoms with Gasteiger partial charge < -0.3 is 10.1 Å². The molecule has 1 fully saturated rings. The third-order valence-electron chi connectivity index (χ3n) is 7.08. The van der Waals surface area contributed by atoms with E-state index in [1.165, 1.54) is 0 Å². The van der Waals surface area contributed by atoms with E-state index in [2.05, 4.69) is 37.2 Å². The van der Waals surface area contributed by atoms with Crippen LogP contribution in [-0.4, -0.2) is 17.7 Å². The van der Waals surface area contributed by atoms with Gasteiger partial charge in [-0.2, -0.15) is 0 Å². The zero-order chi connectivity index (χ0) is 24.1. The molecule has 5 nitrogen and oxygen atoms in total. The molecule has 0 spiro atoms. The summed E-state index contributed by atoms with van der Waals surface area (Å²) in [6.07, 6.45) is 0.312. The van der Waals surface area contributed by atoms with Crippen LogP contribution in [0.15, 0.2) is 81.7 Å². The summed E-state index contributed by atoms with van der Waals surface area (Å²) in [5.41, 5.74) is -0.826. The second-order valence-corrected chi connectivity index (χ2v) is 10.5. The van der Waals surface area contributed by atoms with Crippen LogP contribution in [-0.2, 0) is 16.1 Å². The molecule has 0 radical (unpaired) electrons. The van der Waals surface area contributed by atoms with Crippen molar-refractivity contribution in [1.82, 2.24) is 5.32 Å². The molecular formula is C27H21Br2NO4. The van der Waals surface area contributed by atoms with E-state index in [0.717, 1.165) is 14.5 Å². The lowest BCUT2D eigenvalue weighted by atomic mass is 9.82. The number of halogens is 2. The van der Waals surface area contributed by atoms with Crippen LogP contribution in [0.4, 0.5) is 0 Å². The average Bonchev–Trinajstić information content (AvgIpc) is 3.50. The smallest absolute Gasteiger partial charge is 0.328 e. The fourth-order valence-electron chi connectivity index (χ4n) is 5.51. The third kappa shape index (κ3) is 3.21. The Labute approximate surface area is 214 Å². The van der Waals surface area contributed by atoms with Crippen LogP contribution < -0.4 is 10.1 Å². The molecule has 3 aromatic carbocycles. The lowest BCUT2D eigenvalue weighted by Crippen LogP contribution is -2.45. The molecule has 0 aromatic heterocycles. The summed E-state index contributed by atoms with van der Waals surface area (Å²) in [7, 11) is 0. The maximum absolute atomic E-state index is 14.0. The molecule has 1 saturated carbocycles. The molecule has 7 heteroatoms. The van der Waals surface area contributed by atoms with E-state index in [1.807, 2.05) is 43.3 Å². The fraction of sp³-hybridized carbons (Fsp3) is 0.222. The average molecular weight is 583 g/mol. The van der Waals surface area contributed by atoms with Crippen LogP contribution in [0.1, 0.15) is 40.7 Å². The number of rotatable bonds is 6. The Morgan fingerprint density at radius 1 is 0.971 bits per heavy atom. The number of nitrogens with one attached hydrogen (secondary N) is 1. The molecule has 34 heavy (non-hydrogen) atoms. The summed E-state index contributed by atoms with van der Waals surface area (Å²) in [5, 5.41) is 2.92. The van der Waals surface area contributed by atoms with Crippen LogP contribution in [0, 0.1) is 10.8 Å². The molecule has 1 N–H and O–H groups in total. The summed E-state index contributed by atoms with van der Waals surface area (Å²) >= 11 is 6.89. The number of hydrogen-bond acceptors (Lipinski definition) is 4. The first-order chi connectivity index (χ1) is 16.4. The molecule has 0 bridgehead atoms. The van der Waals surface area contributed by atoms with E-state index < -0.39 is 28.6 Å². The number of carbonyl (C=O) groups excluding carboxylic acids is 3. The quantitative estimate of drug-likeness (QED) is 0.172. The highest BCUT2D eigenvalue weighted by molar-refractivity contribution is 9.10. The predicted molar refractivity (Wildman–Crippen MR) is 134 cm³/mol. The Bertz CT molecular complexity index is 1310. The Hall–Kier alpha value is -2.77. The molecule has 0 saturated heterocycles. The molecule has 3 aromatic rings. The molecule has 1 aliphatic carbocycles. The van der Waals surface area contributed by atoms with Gasteiger partial charge in [0.15, 0.2) is 11.2 Å². The van der Waals surface area contributed by atoms with Gasteiger partial charge in [0.05, 0.1) is 5.41 Å². The third-order valence-corrected chi connectivity index (χ3v) is 8.10. The minimum absolute atomic E-state index is 0.230. The van der Waals surface area contributed by atoms with Crippen molar-refractivity contribution in [1.29, 1.82) is 0 Å². The van der Waals surface area contributed by atoms with Crippen molar-refractivity contribution in [2.45, 2.75) is 25.8 Å². The summed E-state index contributed by atoms with van der Waals surface area (Å²) < 4.78 is 7.33. The fourth-order valence-corrected chi connectivity index (χ4v) is 6.15. The highest BCUT2D eigenvalue weighted by Crippen LogP contribution is 2.80. The number of benzene rings is 3. The molecular weight excluding hydrogens is 562 g/mol. The zero-order valence-corrected chi connectivity index (χ0v) is 21.5. The molecule has 172 valence electrons. The highest BCUT2D eigenvalue weighted by Gasteiger charge is 2.89. The molecule has 2 aliphatic rings. The van der Waals surface area contributed by atoms with E-state index in [-0.39, 0.29) is 12.3 Å². The van der Waals surface area contributed by atoms with Gasteiger partial charge in [0.1, 0.15) is 5.75 Å². The topological polar surface area (TPSA) is 72.5 Å². The molecule has 5 rings (SSSR count). The number of ketones is 1. The maximum Gasteiger partial charge on any atom is 0.328 e. The van der Waals surface area contributed by atoms with E-state index in [0.29, 0.717) is 23.3 Å². The predicted octanol–water partition coefficient (Wildman–Crippen LogP) is 5.81. The van der Waals surface area contributed by atoms with Gasteiger partial charge in [-0.15, -0.1) is 0 Å². The van der Waals surface area contributed by atoms with Crippen molar-refractivity contribution in [3.63, 3.8) is 0 Å². The minimum atomic E-state index is -1.63. The van der Waals surface area contributed by atoms with E-state index in [9.17, 15) is 14.4 Å². The number of amides is 1. The SMILES string of the molecule is CC[C@]1(C(=O)c2ccc(Br)cc2)[C@H]2c3cc(Br)ccc3OC(=O)[C@]21C(=O)NCc1ccccc1. The molecule has 1 aliphatic heterocycles. The second-order valence-electron chi connectivity index (χ2n) is 8.64. The van der Waals surface area contributed by atoms with Crippen molar-refractivity contribution in [2.75, 3.05) is 0 Å². The van der Waals surface area contributed by atoms with Crippen LogP contribution in [0.5, 0.6) is 5.75 Å². The first-order valence-electron chi connectivity index (χ1n) is 11.0. The van der Waals surface area contributed by atoms with Crippen LogP contribution >= 0.6 is 31.9 Å². The number of esters is 1. The number of carbonyl (C=O) groups is 3. The minimum Gasteiger partial charge on any atom is -0.425 e. The summed E-state index contributed by atoms with van der Waals surface area (Å²) in [5.74, 6) is -1.61. The van der Waals surface area contributed by atoms with Crippen molar-refractivity contribution in [3.05, 3.63) is 98.4 Å². The molecule has 3 atom stereocenters. The van der Waals surface area contributed by atoms with E-state index in [4.69, 9.17) is 4.74 Å². The number of hydrogen-bond donors (Lipinski definition) is 1. The normalized spacial score (nSPS) is 24.4. The van der Waals surface area contributed by atoms with Crippen LogP contribution in [0.25, 0.3) is 0 Å². The Kier molecular flexibility index (Phi) is 5.73. The Morgan fingerprint density at radius 2 is 1.65 bits per heavy atom. The van der Waals surface area contributed by atoms with Gasteiger partial charge in [0.25, 0.3) is 0 Å². The molecule has 1 heterocycles. The van der Waals surface area contributed by atoms with Crippen LogP contribution in [0.3, 0.4) is 0 Å². The van der Waals surface area contributed by atoms with Gasteiger partial charge in [-0.1, -0.05) is 81.2 Å². The van der Waals surface area contributed by atoms with Crippen molar-refractivity contribution < 1.29 is 19.1 Å². The summed E-state index contributed by atoms with van der Waals surface area (Å²) in [6, 6.07) is 21.8. The summed E-state index contributed by atoms with van der Waals surface area (Å²) in [4.78, 5) is 41.4. The lowest BCUT2D eigenvalue weighted by molar-refractivity contribution is -0.149. The molecule has 1 amide bonds. The zero-order valence-electron chi connectivity index (χ0n) is 18.3. The standard InChI is InChI=1S/C27H21Br2NO4/c1-2-26(23(31)17-8-10-18(28)11-9-17)22-20-14-19(29)12-13-21(20)34-25(33)27(22,26)24(32)30-15-16-6-4-3-5-7-16/h3-14,22H,2,15H2,1H3,(H,30,32)/t22-,26-,27-/m1/s1. The summed E-state index contributed by atoms with van der Waals surface area (Å²) in [6.45, 7) is 2.10. The number of fused-ring (bicyclic) bond motifs is 3. The highest BCUT2D eigenvalue weighted by atomic mass is 79.9. The van der Waals surface area contributed by atoms with Crippen LogP contribution in [0.2, 0.25) is 0 Å². The first kappa shape index (κ1) is 23.0.